The minimum Gasteiger partial charge on any atom is -0.478 e. The second-order valence-electron chi connectivity index (χ2n) is 3.92. The summed E-state index contributed by atoms with van der Waals surface area (Å²) in [7, 11) is 0. The molecule has 20 heavy (non-hydrogen) atoms. The van der Waals surface area contributed by atoms with E-state index in [0.717, 1.165) is 12.1 Å². The molecule has 0 saturated heterocycles. The van der Waals surface area contributed by atoms with Crippen LogP contribution in [0.25, 0.3) is 0 Å². The second kappa shape index (κ2) is 5.34. The first-order chi connectivity index (χ1) is 9.41. The van der Waals surface area contributed by atoms with Crippen LogP contribution in [0.5, 0.6) is 0 Å². The third-order valence-electron chi connectivity index (χ3n) is 2.63. The van der Waals surface area contributed by atoms with Crippen molar-refractivity contribution in [2.45, 2.75) is 0 Å². The lowest BCUT2D eigenvalue weighted by Gasteiger charge is -2.13. The predicted molar refractivity (Wildman–Crippen MR) is 72.5 cm³/mol. The van der Waals surface area contributed by atoms with Crippen LogP contribution < -0.4 is 11.1 Å². The van der Waals surface area contributed by atoms with Gasteiger partial charge in [0.05, 0.1) is 22.1 Å². The molecule has 2 aromatic carbocycles. The summed E-state index contributed by atoms with van der Waals surface area (Å²) in [5.41, 5.74) is 4.33. The van der Waals surface area contributed by atoms with Gasteiger partial charge in [-0.1, -0.05) is 17.7 Å². The van der Waals surface area contributed by atoms with E-state index in [0.29, 0.717) is 0 Å². The molecular formula is C13H9ClF2N2O2. The number of nitrogen functional groups attached to an aromatic ring is 1. The number of anilines is 3. The van der Waals surface area contributed by atoms with E-state index in [1.165, 1.54) is 18.2 Å². The van der Waals surface area contributed by atoms with Crippen molar-refractivity contribution in [1.29, 1.82) is 0 Å². The van der Waals surface area contributed by atoms with Gasteiger partial charge in [0.1, 0.15) is 11.4 Å². The van der Waals surface area contributed by atoms with Gasteiger partial charge in [-0.3, -0.25) is 0 Å². The van der Waals surface area contributed by atoms with E-state index in [2.05, 4.69) is 5.32 Å². The summed E-state index contributed by atoms with van der Waals surface area (Å²) in [6.07, 6.45) is 0. The zero-order valence-electron chi connectivity index (χ0n) is 9.95. The topological polar surface area (TPSA) is 75.3 Å². The van der Waals surface area contributed by atoms with Gasteiger partial charge in [0, 0.05) is 0 Å². The molecule has 0 bridgehead atoms. The Hall–Kier alpha value is -2.34. The van der Waals surface area contributed by atoms with Crippen LogP contribution >= 0.6 is 11.6 Å². The number of nitrogens with two attached hydrogens (primary N) is 1. The Morgan fingerprint density at radius 2 is 1.90 bits per heavy atom. The molecule has 2 rings (SSSR count). The SMILES string of the molecule is Nc1c(F)ccc(Nc2cccc(Cl)c2F)c1C(=O)O. The van der Waals surface area contributed by atoms with Crippen molar-refractivity contribution in [3.63, 3.8) is 0 Å². The number of halogens is 3. The predicted octanol–water partition coefficient (Wildman–Crippen LogP) is 3.64. The van der Waals surface area contributed by atoms with Crippen LogP contribution in [0.4, 0.5) is 25.8 Å². The molecule has 0 fully saturated rings. The molecule has 4 N–H and O–H groups in total. The fourth-order valence-electron chi connectivity index (χ4n) is 1.67. The molecule has 0 spiro atoms. The zero-order chi connectivity index (χ0) is 14.9. The highest BCUT2D eigenvalue weighted by atomic mass is 35.5. The van der Waals surface area contributed by atoms with Gasteiger partial charge in [0.15, 0.2) is 5.82 Å². The number of hydrogen-bond acceptors (Lipinski definition) is 3. The van der Waals surface area contributed by atoms with Crippen LogP contribution in [0.2, 0.25) is 5.02 Å². The maximum absolute atomic E-state index is 13.8. The van der Waals surface area contributed by atoms with E-state index in [4.69, 9.17) is 22.4 Å². The van der Waals surface area contributed by atoms with Gasteiger partial charge >= 0.3 is 5.97 Å². The van der Waals surface area contributed by atoms with Gasteiger partial charge in [0.2, 0.25) is 0 Å². The van der Waals surface area contributed by atoms with Crippen LogP contribution in [0.3, 0.4) is 0 Å². The minimum atomic E-state index is -1.42. The summed E-state index contributed by atoms with van der Waals surface area (Å²) in [6.45, 7) is 0. The zero-order valence-corrected chi connectivity index (χ0v) is 10.7. The van der Waals surface area contributed by atoms with E-state index in [1.54, 1.807) is 0 Å². The molecule has 2 aromatic rings. The molecule has 0 unspecified atom stereocenters. The summed E-state index contributed by atoms with van der Waals surface area (Å²) in [5, 5.41) is 11.5. The average molecular weight is 299 g/mol. The summed E-state index contributed by atoms with van der Waals surface area (Å²) in [5.74, 6) is -3.03. The van der Waals surface area contributed by atoms with Crippen molar-refractivity contribution in [3.8, 4) is 0 Å². The minimum absolute atomic E-state index is 0.0300. The van der Waals surface area contributed by atoms with Gasteiger partial charge in [-0.25, -0.2) is 13.6 Å². The van der Waals surface area contributed by atoms with E-state index in [1.807, 2.05) is 0 Å². The first-order valence-electron chi connectivity index (χ1n) is 5.44. The highest BCUT2D eigenvalue weighted by molar-refractivity contribution is 6.31. The Morgan fingerprint density at radius 1 is 1.20 bits per heavy atom. The van der Waals surface area contributed by atoms with E-state index in [9.17, 15) is 13.6 Å². The number of hydrogen-bond donors (Lipinski definition) is 3. The van der Waals surface area contributed by atoms with Crippen LogP contribution in [0.1, 0.15) is 10.4 Å². The lowest BCUT2D eigenvalue weighted by atomic mass is 10.1. The summed E-state index contributed by atoms with van der Waals surface area (Å²) < 4.78 is 27.0. The molecule has 0 saturated carbocycles. The van der Waals surface area contributed by atoms with Crippen molar-refractivity contribution < 1.29 is 18.7 Å². The van der Waals surface area contributed by atoms with E-state index < -0.39 is 28.9 Å². The maximum atomic E-state index is 13.8. The number of aromatic carboxylic acids is 1. The van der Waals surface area contributed by atoms with Crippen LogP contribution in [0.15, 0.2) is 30.3 Å². The average Bonchev–Trinajstić information content (AvgIpc) is 2.39. The third kappa shape index (κ3) is 2.50. The molecule has 0 aliphatic rings. The lowest BCUT2D eigenvalue weighted by molar-refractivity contribution is 0.0698. The second-order valence-corrected chi connectivity index (χ2v) is 4.32. The number of carboxylic acids is 1. The number of carboxylic acid groups (broad SMARTS) is 1. The molecule has 0 aliphatic carbocycles. The Labute approximate surface area is 117 Å². The monoisotopic (exact) mass is 298 g/mol. The normalized spacial score (nSPS) is 10.3. The number of nitrogens with one attached hydrogen (secondary N) is 1. The largest absolute Gasteiger partial charge is 0.478 e. The van der Waals surface area contributed by atoms with E-state index >= 15 is 0 Å². The first kappa shape index (κ1) is 14.1. The quantitative estimate of drug-likeness (QED) is 0.756. The van der Waals surface area contributed by atoms with Crippen molar-refractivity contribution in [2.24, 2.45) is 0 Å². The first-order valence-corrected chi connectivity index (χ1v) is 5.82. The fourth-order valence-corrected chi connectivity index (χ4v) is 1.85. The molecule has 0 amide bonds. The van der Waals surface area contributed by atoms with E-state index in [-0.39, 0.29) is 16.4 Å². The Balaban J connectivity index is 2.52. The maximum Gasteiger partial charge on any atom is 0.340 e. The molecule has 0 radical (unpaired) electrons. The molecular weight excluding hydrogens is 290 g/mol. The molecule has 104 valence electrons. The summed E-state index contributed by atoms with van der Waals surface area (Å²) >= 11 is 5.62. The summed E-state index contributed by atoms with van der Waals surface area (Å²) in [6, 6.07) is 6.36. The number of rotatable bonds is 3. The van der Waals surface area contributed by atoms with Gasteiger partial charge in [-0.05, 0) is 24.3 Å². The Kier molecular flexibility index (Phi) is 3.76. The van der Waals surface area contributed by atoms with Gasteiger partial charge in [0.25, 0.3) is 0 Å². The Morgan fingerprint density at radius 3 is 2.55 bits per heavy atom. The molecule has 7 heteroatoms. The van der Waals surface area contributed by atoms with Crippen LogP contribution in [-0.2, 0) is 0 Å². The lowest BCUT2D eigenvalue weighted by Crippen LogP contribution is -2.09. The molecule has 0 aromatic heterocycles. The number of carbonyl (C=O) groups is 1. The van der Waals surface area contributed by atoms with Crippen molar-refractivity contribution in [2.75, 3.05) is 11.1 Å². The third-order valence-corrected chi connectivity index (χ3v) is 2.92. The van der Waals surface area contributed by atoms with Crippen LogP contribution in [0, 0.1) is 11.6 Å². The van der Waals surface area contributed by atoms with Crippen LogP contribution in [-0.4, -0.2) is 11.1 Å². The molecule has 0 heterocycles. The Bertz CT molecular complexity index is 692. The standard InChI is InChI=1S/C13H9ClF2N2O2/c14-6-2-1-3-9(11(6)16)18-8-5-4-7(15)12(17)10(8)13(19)20/h1-5,18H,17H2,(H,19,20). The molecule has 0 atom stereocenters. The smallest absolute Gasteiger partial charge is 0.340 e. The number of benzene rings is 2. The van der Waals surface area contributed by atoms with Gasteiger partial charge in [-0.15, -0.1) is 0 Å². The van der Waals surface area contributed by atoms with Gasteiger partial charge in [-0.2, -0.15) is 0 Å². The highest BCUT2D eigenvalue weighted by Gasteiger charge is 2.18. The summed E-state index contributed by atoms with van der Waals surface area (Å²) in [4.78, 5) is 11.1. The fraction of sp³-hybridized carbons (Fsp3) is 0. The van der Waals surface area contributed by atoms with Crippen molar-refractivity contribution in [1.82, 2.24) is 0 Å². The molecule has 4 nitrogen and oxygen atoms in total. The van der Waals surface area contributed by atoms with Gasteiger partial charge < -0.3 is 16.2 Å². The van der Waals surface area contributed by atoms with Crippen molar-refractivity contribution in [3.05, 3.63) is 52.6 Å². The van der Waals surface area contributed by atoms with Crippen molar-refractivity contribution >= 4 is 34.6 Å². The molecule has 0 aliphatic heterocycles. The highest BCUT2D eigenvalue weighted by Crippen LogP contribution is 2.30.